The van der Waals surface area contributed by atoms with Crippen molar-refractivity contribution in [1.82, 2.24) is 4.98 Å². The summed E-state index contributed by atoms with van der Waals surface area (Å²) in [6, 6.07) is 9.97. The number of aromatic nitrogens is 1. The number of halogens is 3. The van der Waals surface area contributed by atoms with Crippen LogP contribution in [0.2, 0.25) is 5.15 Å². The lowest BCUT2D eigenvalue weighted by Crippen LogP contribution is -2.18. The lowest BCUT2D eigenvalue weighted by atomic mass is 10.2. The van der Waals surface area contributed by atoms with Gasteiger partial charge in [-0.25, -0.2) is 18.6 Å². The van der Waals surface area contributed by atoms with Gasteiger partial charge in [-0.3, -0.25) is 4.52 Å². The van der Waals surface area contributed by atoms with Crippen LogP contribution in [0.1, 0.15) is 12.5 Å². The van der Waals surface area contributed by atoms with Crippen LogP contribution in [0.15, 0.2) is 53.3 Å². The smallest absolute Gasteiger partial charge is 0.395 e. The van der Waals surface area contributed by atoms with E-state index < -0.39 is 38.4 Å². The fourth-order valence-electron chi connectivity index (χ4n) is 2.39. The Hall–Kier alpha value is -2.67. The van der Waals surface area contributed by atoms with Gasteiger partial charge >= 0.3 is 14.1 Å². The number of fused-ring (bicyclic) bond motifs is 1. The largest absolute Gasteiger partial charge is 0.575 e. The van der Waals surface area contributed by atoms with E-state index in [0.717, 1.165) is 6.07 Å². The number of benzene rings is 2. The van der Waals surface area contributed by atoms with Gasteiger partial charge in [0.15, 0.2) is 11.8 Å². The molecule has 150 valence electrons. The molecule has 0 fully saturated rings. The highest BCUT2D eigenvalue weighted by molar-refractivity contribution is 7.34. The van der Waals surface area contributed by atoms with Crippen LogP contribution >= 0.6 is 19.8 Å². The van der Waals surface area contributed by atoms with Gasteiger partial charge in [-0.2, -0.15) is 0 Å². The molecule has 0 aliphatic heterocycles. The van der Waals surface area contributed by atoms with Crippen LogP contribution in [0.5, 0.6) is 5.75 Å². The monoisotopic (exact) mass is 438 g/mol. The molecule has 1 aromatic heterocycles. The van der Waals surface area contributed by atoms with Crippen molar-refractivity contribution in [1.29, 1.82) is 0 Å². The average molecular weight is 439 g/mol. The van der Waals surface area contributed by atoms with Crippen molar-refractivity contribution in [3.8, 4) is 5.75 Å². The Morgan fingerprint density at radius 1 is 1.28 bits per heavy atom. The lowest BCUT2D eigenvalue weighted by Gasteiger charge is -2.08. The van der Waals surface area contributed by atoms with Gasteiger partial charge < -0.3 is 9.63 Å². The average Bonchev–Trinajstić information content (AvgIpc) is 2.66. The van der Waals surface area contributed by atoms with Crippen LogP contribution in [0.25, 0.3) is 10.9 Å². The van der Waals surface area contributed by atoms with E-state index in [1.807, 2.05) is 0 Å². The number of esters is 1. The zero-order valence-corrected chi connectivity index (χ0v) is 16.7. The molecule has 1 heterocycles. The number of nitrogens with zero attached hydrogens (tertiary/aromatic N) is 2. The first kappa shape index (κ1) is 21.0. The highest BCUT2D eigenvalue weighted by Crippen LogP contribution is 2.31. The second-order valence-corrected chi connectivity index (χ2v) is 7.20. The van der Waals surface area contributed by atoms with Crippen molar-refractivity contribution < 1.29 is 27.7 Å². The lowest BCUT2D eigenvalue weighted by molar-refractivity contribution is -0.169. The Bertz CT molecular complexity index is 1100. The molecule has 6 nitrogen and oxygen atoms in total. The third-order valence-corrected chi connectivity index (χ3v) is 4.93. The van der Waals surface area contributed by atoms with Gasteiger partial charge in [0.2, 0.25) is 0 Å². The molecule has 2 atom stereocenters. The van der Waals surface area contributed by atoms with E-state index in [4.69, 9.17) is 20.9 Å². The first-order valence-electron chi connectivity index (χ1n) is 8.35. The van der Waals surface area contributed by atoms with Gasteiger partial charge in [0.1, 0.15) is 23.4 Å². The fraction of sp³-hybridized carbons (Fsp3) is 0.158. The molecule has 0 amide bonds. The molecule has 0 spiro atoms. The van der Waals surface area contributed by atoms with E-state index in [1.165, 1.54) is 13.0 Å². The molecule has 1 unspecified atom stereocenters. The number of hydrogen-bond donors (Lipinski definition) is 0. The van der Waals surface area contributed by atoms with Crippen molar-refractivity contribution in [2.45, 2.75) is 19.6 Å². The Kier molecular flexibility index (Phi) is 6.69. The molecule has 0 aliphatic rings. The van der Waals surface area contributed by atoms with E-state index in [-0.39, 0.29) is 11.3 Å². The molecule has 0 bridgehead atoms. The summed E-state index contributed by atoms with van der Waals surface area (Å²) in [6.45, 7) is 0.961. The summed E-state index contributed by atoms with van der Waals surface area (Å²) in [5.41, 5.74) is 0.557. The van der Waals surface area contributed by atoms with E-state index in [1.54, 1.807) is 30.3 Å². The second-order valence-electron chi connectivity index (χ2n) is 5.92. The van der Waals surface area contributed by atoms with Gasteiger partial charge in [0.25, 0.3) is 0 Å². The van der Waals surface area contributed by atoms with Crippen LogP contribution in [-0.2, 0) is 16.1 Å². The highest BCUT2D eigenvalue weighted by Gasteiger charge is 2.20. The molecule has 3 aromatic rings. The van der Waals surface area contributed by atoms with Crippen LogP contribution in [0.3, 0.4) is 0 Å². The summed E-state index contributed by atoms with van der Waals surface area (Å²) in [5, 5.41) is 0.884. The van der Waals surface area contributed by atoms with Crippen molar-refractivity contribution in [3.63, 3.8) is 0 Å². The first-order chi connectivity index (χ1) is 13.8. The topological polar surface area (TPSA) is 83.8 Å². The van der Waals surface area contributed by atoms with Crippen molar-refractivity contribution in [3.05, 3.63) is 70.9 Å². The Balaban J connectivity index is 1.65. The molecule has 0 radical (unpaired) electrons. The molecule has 0 aliphatic carbocycles. The van der Waals surface area contributed by atoms with Crippen LogP contribution in [0.4, 0.5) is 8.78 Å². The van der Waals surface area contributed by atoms with E-state index in [9.17, 15) is 18.5 Å². The summed E-state index contributed by atoms with van der Waals surface area (Å²) in [7, 11) is -2.60. The maximum Gasteiger partial charge on any atom is 0.395 e. The van der Waals surface area contributed by atoms with E-state index >= 15 is 0 Å². The summed E-state index contributed by atoms with van der Waals surface area (Å²) in [6.07, 6.45) is 0. The number of pyridine rings is 1. The number of rotatable bonds is 6. The maximum absolute atomic E-state index is 13.6. The third-order valence-electron chi connectivity index (χ3n) is 3.83. The first-order valence-corrected chi connectivity index (χ1v) is 9.86. The van der Waals surface area contributed by atoms with Crippen LogP contribution < -0.4 is 9.42 Å². The molecule has 3 rings (SSSR count). The molecular formula is C19H14ClF2N2O4P. The van der Waals surface area contributed by atoms with Gasteiger partial charge in [-0.1, -0.05) is 22.4 Å². The maximum atomic E-state index is 13.6. The summed E-state index contributed by atoms with van der Waals surface area (Å²) < 4.78 is 40.5. The van der Waals surface area contributed by atoms with E-state index in [2.05, 4.69) is 9.73 Å². The minimum Gasteiger partial charge on any atom is -0.575 e. The minimum absolute atomic E-state index is 0.00880. The number of carbonyl (C=O) groups excluding carboxylic acids is 1. The van der Waals surface area contributed by atoms with Gasteiger partial charge in [0, 0.05) is 17.0 Å². The van der Waals surface area contributed by atoms with E-state index in [0.29, 0.717) is 22.1 Å². The van der Waals surface area contributed by atoms with Gasteiger partial charge in [-0.15, -0.1) is 0 Å². The summed E-state index contributed by atoms with van der Waals surface area (Å²) in [5.74, 6) is -2.13. The highest BCUT2D eigenvalue weighted by atomic mass is 35.5. The Labute approximate surface area is 170 Å². The van der Waals surface area contributed by atoms with Gasteiger partial charge in [-0.05, 0) is 43.3 Å². The standard InChI is InChI=1S/C19H14ClF2N2O4P/c1-11(19(25)27-10-12-5-6-13(21)9-15(12)22)24-29(26)28-17-4-2-3-16-14(17)7-8-18(20)23-16/h2-9,11H,10H2,1H3/t11-/m0/s1. The molecule has 0 N–H and O–H groups in total. The summed E-state index contributed by atoms with van der Waals surface area (Å²) in [4.78, 5) is 28.3. The zero-order valence-electron chi connectivity index (χ0n) is 15.0. The zero-order chi connectivity index (χ0) is 21.0. The SMILES string of the molecule is C[C@H](N=[P+]([O-])Oc1cccc2nc(Cl)ccc12)C(=O)OCc1ccc(F)cc1F. The Morgan fingerprint density at radius 2 is 2.07 bits per heavy atom. The van der Waals surface area contributed by atoms with Crippen molar-refractivity contribution in [2.24, 2.45) is 4.74 Å². The molecular weight excluding hydrogens is 425 g/mol. The van der Waals surface area contributed by atoms with Crippen molar-refractivity contribution in [2.75, 3.05) is 0 Å². The number of ether oxygens (including phenoxy) is 1. The molecule has 0 saturated heterocycles. The third kappa shape index (κ3) is 5.44. The predicted molar refractivity (Wildman–Crippen MR) is 102 cm³/mol. The van der Waals surface area contributed by atoms with Gasteiger partial charge in [0.05, 0.1) is 5.52 Å². The summed E-state index contributed by atoms with van der Waals surface area (Å²) >= 11 is 5.85. The van der Waals surface area contributed by atoms with Crippen LogP contribution in [-0.4, -0.2) is 17.0 Å². The molecule has 10 heteroatoms. The number of hydrogen-bond acceptors (Lipinski definition) is 6. The van der Waals surface area contributed by atoms with Crippen molar-refractivity contribution >= 4 is 36.6 Å². The van der Waals surface area contributed by atoms with Crippen LogP contribution in [0, 0.1) is 11.6 Å². The fourth-order valence-corrected chi connectivity index (χ4v) is 3.29. The molecule has 29 heavy (non-hydrogen) atoms. The molecule has 0 saturated carbocycles. The minimum atomic E-state index is -2.60. The normalized spacial score (nSPS) is 12.7. The number of carbonyl (C=O) groups is 1. The second kappa shape index (κ2) is 9.22. The quantitative estimate of drug-likeness (QED) is 0.321. The predicted octanol–water partition coefficient (Wildman–Crippen LogP) is 4.53. The molecule has 2 aromatic carbocycles. The Morgan fingerprint density at radius 3 is 2.83 bits per heavy atom.